The molecule has 1 aliphatic rings. The first kappa shape index (κ1) is 15.5. The second-order valence-corrected chi connectivity index (χ2v) is 5.45. The molecule has 6 nitrogen and oxygen atoms in total. The molecule has 1 unspecified atom stereocenters. The predicted molar refractivity (Wildman–Crippen MR) is 74.3 cm³/mol. The van der Waals surface area contributed by atoms with Crippen LogP contribution in [-0.2, 0) is 0 Å². The van der Waals surface area contributed by atoms with Crippen LogP contribution < -0.4 is 5.73 Å². The predicted octanol–water partition coefficient (Wildman–Crippen LogP) is 1.70. The summed E-state index contributed by atoms with van der Waals surface area (Å²) >= 11 is 0. The maximum atomic E-state index is 9.46. The summed E-state index contributed by atoms with van der Waals surface area (Å²) in [6.45, 7) is 7.66. The third-order valence-corrected chi connectivity index (χ3v) is 3.19. The van der Waals surface area contributed by atoms with Gasteiger partial charge < -0.3 is 5.73 Å². The van der Waals surface area contributed by atoms with Crippen molar-refractivity contribution in [1.82, 2.24) is 5.01 Å². The molecule has 1 heterocycles. The second kappa shape index (κ2) is 5.63. The molecule has 1 aliphatic heterocycles. The summed E-state index contributed by atoms with van der Waals surface area (Å²) in [7, 11) is 0. The van der Waals surface area contributed by atoms with E-state index >= 15 is 0 Å². The maximum Gasteiger partial charge on any atom is 0.204 e. The molecule has 0 saturated heterocycles. The molecule has 0 fully saturated rings. The zero-order chi connectivity index (χ0) is 15.5. The van der Waals surface area contributed by atoms with Gasteiger partial charge in [0.25, 0.3) is 0 Å². The van der Waals surface area contributed by atoms with Gasteiger partial charge in [0.05, 0.1) is 18.2 Å². The Morgan fingerprint density at radius 3 is 2.15 bits per heavy atom. The van der Waals surface area contributed by atoms with E-state index in [-0.39, 0.29) is 23.2 Å². The van der Waals surface area contributed by atoms with E-state index in [1.54, 1.807) is 6.21 Å². The van der Waals surface area contributed by atoms with Crippen molar-refractivity contribution in [2.24, 2.45) is 28.1 Å². The van der Waals surface area contributed by atoms with Crippen molar-refractivity contribution in [3.8, 4) is 18.2 Å². The molecule has 1 rings (SSSR count). The van der Waals surface area contributed by atoms with Crippen molar-refractivity contribution < 1.29 is 0 Å². The number of nitrogens with zero attached hydrogens (tertiary/aromatic N) is 5. The van der Waals surface area contributed by atoms with Gasteiger partial charge in [-0.15, -0.1) is 0 Å². The Morgan fingerprint density at radius 2 is 1.80 bits per heavy atom. The van der Waals surface area contributed by atoms with Crippen molar-refractivity contribution in [1.29, 1.82) is 15.8 Å². The van der Waals surface area contributed by atoms with Crippen molar-refractivity contribution >= 4 is 6.21 Å². The summed E-state index contributed by atoms with van der Waals surface area (Å²) in [4.78, 5) is 0. The lowest BCUT2D eigenvalue weighted by Gasteiger charge is -2.31. The zero-order valence-corrected chi connectivity index (χ0v) is 12.1. The lowest BCUT2D eigenvalue weighted by Crippen LogP contribution is -2.42. The largest absolute Gasteiger partial charge is 0.383 e. The van der Waals surface area contributed by atoms with Gasteiger partial charge in [0, 0.05) is 6.21 Å². The van der Waals surface area contributed by atoms with Crippen LogP contribution in [0.15, 0.2) is 16.5 Å². The van der Waals surface area contributed by atoms with Crippen molar-refractivity contribution in [2.75, 3.05) is 0 Å². The van der Waals surface area contributed by atoms with Gasteiger partial charge in [-0.2, -0.15) is 20.9 Å². The van der Waals surface area contributed by atoms with Crippen LogP contribution in [0.4, 0.5) is 0 Å². The second-order valence-electron chi connectivity index (χ2n) is 5.45. The Hall–Kier alpha value is -2.52. The van der Waals surface area contributed by atoms with Crippen LogP contribution in [0.2, 0.25) is 0 Å². The van der Waals surface area contributed by atoms with Crippen LogP contribution in [0.5, 0.6) is 0 Å². The molecule has 0 spiro atoms. The standard InChI is InChI=1S/C14H18N6/c1-9(2)6-19-20-12(10(3)4)14(7-16,8-17)11(5-15)13(20)18/h6,9-10,12H,18H2,1-4H3/b19-6+. The Labute approximate surface area is 119 Å². The van der Waals surface area contributed by atoms with Gasteiger partial charge in [-0.25, -0.2) is 5.01 Å². The van der Waals surface area contributed by atoms with E-state index in [1.807, 2.05) is 45.9 Å². The lowest BCUT2D eigenvalue weighted by molar-refractivity contribution is 0.182. The van der Waals surface area contributed by atoms with Gasteiger partial charge >= 0.3 is 0 Å². The molecule has 0 radical (unpaired) electrons. The number of hydrogen-bond donors (Lipinski definition) is 1. The SMILES string of the molecule is CC(C)/C=N/N1C(N)=C(C#N)C(C#N)(C#N)C1C(C)C. The van der Waals surface area contributed by atoms with Crippen LogP contribution in [0, 0.1) is 51.2 Å². The molecule has 6 heteroatoms. The number of nitrogens with two attached hydrogens (primary N) is 1. The Bertz CT molecular complexity index is 550. The molecule has 1 atom stereocenters. The van der Waals surface area contributed by atoms with E-state index < -0.39 is 11.5 Å². The summed E-state index contributed by atoms with van der Waals surface area (Å²) in [5.41, 5.74) is 4.36. The van der Waals surface area contributed by atoms with E-state index in [9.17, 15) is 15.8 Å². The highest BCUT2D eigenvalue weighted by atomic mass is 15.5. The number of nitriles is 3. The van der Waals surface area contributed by atoms with Crippen LogP contribution in [0.3, 0.4) is 0 Å². The molecule has 104 valence electrons. The minimum absolute atomic E-state index is 0.0119. The Balaban J connectivity index is 3.48. The van der Waals surface area contributed by atoms with Crippen molar-refractivity contribution in [3.05, 3.63) is 11.4 Å². The van der Waals surface area contributed by atoms with Crippen molar-refractivity contribution in [2.45, 2.75) is 33.7 Å². The van der Waals surface area contributed by atoms with Crippen LogP contribution in [-0.4, -0.2) is 17.3 Å². The molecule has 0 aromatic heterocycles. The van der Waals surface area contributed by atoms with E-state index in [4.69, 9.17) is 5.73 Å². The molecule has 2 N–H and O–H groups in total. The summed E-state index contributed by atoms with van der Waals surface area (Å²) < 4.78 is 0. The number of hydrazone groups is 1. The van der Waals surface area contributed by atoms with Gasteiger partial charge in [0.2, 0.25) is 5.41 Å². The van der Waals surface area contributed by atoms with Crippen LogP contribution in [0.25, 0.3) is 0 Å². The molecule has 0 bridgehead atoms. The fraction of sp³-hybridized carbons (Fsp3) is 0.571. The molecule has 0 aromatic carbocycles. The lowest BCUT2D eigenvalue weighted by atomic mass is 9.75. The molecule has 0 aliphatic carbocycles. The van der Waals surface area contributed by atoms with Gasteiger partial charge in [-0.05, 0) is 11.8 Å². The Morgan fingerprint density at radius 1 is 1.25 bits per heavy atom. The molecular weight excluding hydrogens is 252 g/mol. The first-order chi connectivity index (χ1) is 9.35. The van der Waals surface area contributed by atoms with Gasteiger partial charge in [-0.3, -0.25) is 0 Å². The van der Waals surface area contributed by atoms with Gasteiger partial charge in [-0.1, -0.05) is 27.7 Å². The molecular formula is C14H18N6. The fourth-order valence-corrected chi connectivity index (χ4v) is 2.33. The zero-order valence-electron chi connectivity index (χ0n) is 12.1. The van der Waals surface area contributed by atoms with Crippen LogP contribution >= 0.6 is 0 Å². The molecule has 0 aromatic rings. The highest BCUT2D eigenvalue weighted by Crippen LogP contribution is 2.45. The minimum atomic E-state index is -1.57. The topological polar surface area (TPSA) is 113 Å². The quantitative estimate of drug-likeness (QED) is 0.784. The smallest absolute Gasteiger partial charge is 0.204 e. The average molecular weight is 270 g/mol. The summed E-state index contributed by atoms with van der Waals surface area (Å²) in [6, 6.07) is 5.28. The molecule has 0 saturated carbocycles. The summed E-state index contributed by atoms with van der Waals surface area (Å²) in [5.74, 6) is 0.217. The number of hydrogen-bond acceptors (Lipinski definition) is 6. The first-order valence-electron chi connectivity index (χ1n) is 6.41. The first-order valence-corrected chi connectivity index (χ1v) is 6.41. The minimum Gasteiger partial charge on any atom is -0.383 e. The molecule has 0 amide bonds. The van der Waals surface area contributed by atoms with Gasteiger partial charge in [0.1, 0.15) is 17.5 Å². The maximum absolute atomic E-state index is 9.46. The van der Waals surface area contributed by atoms with Crippen LogP contribution in [0.1, 0.15) is 27.7 Å². The number of rotatable bonds is 3. The summed E-state index contributed by atoms with van der Waals surface area (Å²) in [5, 5.41) is 33.9. The molecule has 20 heavy (non-hydrogen) atoms. The average Bonchev–Trinajstić information content (AvgIpc) is 2.64. The third-order valence-electron chi connectivity index (χ3n) is 3.19. The van der Waals surface area contributed by atoms with Crippen molar-refractivity contribution in [3.63, 3.8) is 0 Å². The fourth-order valence-electron chi connectivity index (χ4n) is 2.33. The monoisotopic (exact) mass is 270 g/mol. The van der Waals surface area contributed by atoms with Gasteiger partial charge in [0.15, 0.2) is 0 Å². The highest BCUT2D eigenvalue weighted by molar-refractivity contribution is 5.60. The highest BCUT2D eigenvalue weighted by Gasteiger charge is 2.56. The van der Waals surface area contributed by atoms with E-state index in [0.29, 0.717) is 0 Å². The van der Waals surface area contributed by atoms with E-state index in [2.05, 4.69) is 5.10 Å². The van der Waals surface area contributed by atoms with E-state index in [0.717, 1.165) is 0 Å². The van der Waals surface area contributed by atoms with E-state index in [1.165, 1.54) is 5.01 Å². The third kappa shape index (κ3) is 2.19. The summed E-state index contributed by atoms with van der Waals surface area (Å²) in [6.07, 6.45) is 1.68. The Kier molecular flexibility index (Phi) is 4.38. The normalized spacial score (nSPS) is 21.4.